The smallest absolute Gasteiger partial charge is 0.144 e. The molecule has 0 atom stereocenters. The Bertz CT molecular complexity index is 3130. The number of pyridine rings is 1. The van der Waals surface area contributed by atoms with Crippen LogP contribution in [-0.4, -0.2) is 4.98 Å². The third-order valence-corrected chi connectivity index (χ3v) is 10.4. The van der Waals surface area contributed by atoms with E-state index in [2.05, 4.69) is 164 Å². The van der Waals surface area contributed by atoms with Crippen molar-refractivity contribution in [3.63, 3.8) is 0 Å². The maximum absolute atomic E-state index is 6.79. The Morgan fingerprint density at radius 3 is 1.69 bits per heavy atom. The highest BCUT2D eigenvalue weighted by molar-refractivity contribution is 6.27. The number of rotatable bonds is 2. The number of para-hydroxylation sites is 1. The van der Waals surface area contributed by atoms with E-state index < -0.39 is 0 Å². The fraction of sp³-hybridized carbons (Fsp3) is 0. The van der Waals surface area contributed by atoms with Gasteiger partial charge in [-0.25, -0.2) is 4.98 Å². The van der Waals surface area contributed by atoms with Gasteiger partial charge in [0.15, 0.2) is 0 Å². The quantitative estimate of drug-likeness (QED) is 0.180. The number of furan rings is 1. The van der Waals surface area contributed by atoms with Crippen LogP contribution in [0, 0.1) is 0 Å². The molecule has 0 aliphatic rings. The maximum atomic E-state index is 6.79. The average Bonchev–Trinajstić information content (AvgIpc) is 3.55. The Kier molecular flexibility index (Phi) is 5.42. The lowest BCUT2D eigenvalue weighted by Crippen LogP contribution is -1.91. The van der Waals surface area contributed by atoms with E-state index in [1.165, 1.54) is 54.2 Å². The van der Waals surface area contributed by atoms with Gasteiger partial charge in [0, 0.05) is 32.5 Å². The normalized spacial score (nSPS) is 12.1. The predicted molar refractivity (Wildman–Crippen MR) is 207 cm³/mol. The summed E-state index contributed by atoms with van der Waals surface area (Å²) < 4.78 is 6.79. The van der Waals surface area contributed by atoms with Crippen LogP contribution < -0.4 is 0 Å². The van der Waals surface area contributed by atoms with E-state index in [0.717, 1.165) is 54.9 Å². The van der Waals surface area contributed by atoms with Gasteiger partial charge in [-0.05, 0) is 84.5 Å². The third-order valence-electron chi connectivity index (χ3n) is 10.4. The zero-order valence-corrected chi connectivity index (χ0v) is 26.4. The summed E-state index contributed by atoms with van der Waals surface area (Å²) in [4.78, 5) is 5.26. The van der Waals surface area contributed by atoms with E-state index in [1.54, 1.807) is 0 Å². The van der Waals surface area contributed by atoms with Gasteiger partial charge in [0.1, 0.15) is 11.2 Å². The van der Waals surface area contributed by atoms with Crippen molar-refractivity contribution in [2.24, 2.45) is 0 Å². The molecule has 0 spiro atoms. The molecule has 2 aromatic heterocycles. The largest absolute Gasteiger partial charge is 0.455 e. The topological polar surface area (TPSA) is 26.0 Å². The van der Waals surface area contributed by atoms with E-state index in [0.29, 0.717) is 0 Å². The first kappa shape index (κ1) is 26.5. The summed E-state index contributed by atoms with van der Waals surface area (Å²) >= 11 is 0. The minimum absolute atomic E-state index is 0.885. The molecule has 0 saturated heterocycles. The zero-order chi connectivity index (χ0) is 32.1. The molecule has 2 heteroatoms. The number of benzene rings is 9. The third kappa shape index (κ3) is 3.80. The summed E-state index contributed by atoms with van der Waals surface area (Å²) in [6.07, 6.45) is 0. The molecule has 0 amide bonds. The van der Waals surface area contributed by atoms with Crippen molar-refractivity contribution >= 4 is 86.7 Å². The van der Waals surface area contributed by atoms with Crippen molar-refractivity contribution in [2.75, 3.05) is 0 Å². The van der Waals surface area contributed by atoms with Gasteiger partial charge in [-0.1, -0.05) is 133 Å². The monoisotopic (exact) mass is 621 g/mol. The Balaban J connectivity index is 1.16. The minimum atomic E-state index is 0.885. The molecule has 9 aromatic carbocycles. The summed E-state index contributed by atoms with van der Waals surface area (Å²) in [5, 5.41) is 15.6. The van der Waals surface area contributed by atoms with E-state index in [-0.39, 0.29) is 0 Å². The molecule has 0 unspecified atom stereocenters. The van der Waals surface area contributed by atoms with Gasteiger partial charge >= 0.3 is 0 Å². The second kappa shape index (κ2) is 10.00. The Morgan fingerprint density at radius 1 is 0.367 bits per heavy atom. The summed E-state index contributed by atoms with van der Waals surface area (Å²) in [5.41, 5.74) is 7.22. The number of fused-ring (bicyclic) bond motifs is 14. The highest BCUT2D eigenvalue weighted by Gasteiger charge is 2.19. The number of aromatic nitrogens is 1. The van der Waals surface area contributed by atoms with Crippen LogP contribution in [0.15, 0.2) is 168 Å². The van der Waals surface area contributed by atoms with E-state index in [4.69, 9.17) is 9.40 Å². The van der Waals surface area contributed by atoms with Crippen LogP contribution in [0.4, 0.5) is 0 Å². The van der Waals surface area contributed by atoms with Crippen LogP contribution in [-0.2, 0) is 0 Å². The summed E-state index contributed by atoms with van der Waals surface area (Å²) in [7, 11) is 0. The molecule has 11 aromatic rings. The molecular weight excluding hydrogens is 595 g/mol. The predicted octanol–water partition coefficient (Wildman–Crippen LogP) is 13.2. The zero-order valence-electron chi connectivity index (χ0n) is 26.4. The van der Waals surface area contributed by atoms with Crippen LogP contribution in [0.2, 0.25) is 0 Å². The molecule has 0 N–H and O–H groups in total. The molecule has 49 heavy (non-hydrogen) atoms. The molecule has 2 heterocycles. The SMILES string of the molecule is c1ccc2c(-c3nc4ccccc4c4c3ccc3c5cc(-c6ccc7c8ccccc8c8ccccc8c7c6)ccc5oc34)cccc2c1. The second-order valence-electron chi connectivity index (χ2n) is 13.0. The van der Waals surface area contributed by atoms with E-state index in [9.17, 15) is 0 Å². The van der Waals surface area contributed by atoms with E-state index >= 15 is 0 Å². The van der Waals surface area contributed by atoms with Gasteiger partial charge < -0.3 is 4.42 Å². The average molecular weight is 622 g/mol. The number of hydrogen-bond donors (Lipinski definition) is 0. The maximum Gasteiger partial charge on any atom is 0.144 e. The highest BCUT2D eigenvalue weighted by Crippen LogP contribution is 2.43. The lowest BCUT2D eigenvalue weighted by atomic mass is 9.92. The minimum Gasteiger partial charge on any atom is -0.455 e. The van der Waals surface area contributed by atoms with Gasteiger partial charge in [-0.2, -0.15) is 0 Å². The molecule has 0 bridgehead atoms. The molecule has 11 rings (SSSR count). The van der Waals surface area contributed by atoms with Crippen molar-refractivity contribution in [3.8, 4) is 22.4 Å². The van der Waals surface area contributed by atoms with Crippen molar-refractivity contribution in [1.29, 1.82) is 0 Å². The summed E-state index contributed by atoms with van der Waals surface area (Å²) in [5.74, 6) is 0. The van der Waals surface area contributed by atoms with Crippen molar-refractivity contribution in [3.05, 3.63) is 164 Å². The molecule has 0 fully saturated rings. The first-order chi connectivity index (χ1) is 24.3. The molecule has 0 radical (unpaired) electrons. The fourth-order valence-electron chi connectivity index (χ4n) is 8.17. The van der Waals surface area contributed by atoms with Crippen LogP contribution in [0.3, 0.4) is 0 Å². The van der Waals surface area contributed by atoms with Gasteiger partial charge in [0.25, 0.3) is 0 Å². The first-order valence-electron chi connectivity index (χ1n) is 16.8. The molecule has 2 nitrogen and oxygen atoms in total. The molecular formula is C47H27NO. The molecule has 0 aliphatic heterocycles. The lowest BCUT2D eigenvalue weighted by molar-refractivity contribution is 0.673. The second-order valence-corrected chi connectivity index (χ2v) is 13.0. The van der Waals surface area contributed by atoms with E-state index in [1.807, 2.05) is 0 Å². The summed E-state index contributed by atoms with van der Waals surface area (Å²) in [6, 6.07) is 58.9. The van der Waals surface area contributed by atoms with Crippen LogP contribution >= 0.6 is 0 Å². The standard InChI is InChI=1S/C47H27NO/c1-2-12-31-28(10-1)11-9-18-37(31)46-40-24-23-38-42-27-30(21-25-44(42)49-47(38)45(40)39-17-7-8-19-43(39)48-46)29-20-22-36-34-15-4-3-13-32(34)33-14-5-6-16-35(33)41(36)26-29/h1-27H. The first-order valence-corrected chi connectivity index (χ1v) is 16.8. The van der Waals surface area contributed by atoms with Crippen molar-refractivity contribution in [1.82, 2.24) is 4.98 Å². The number of nitrogens with zero attached hydrogens (tertiary/aromatic N) is 1. The van der Waals surface area contributed by atoms with Crippen molar-refractivity contribution in [2.45, 2.75) is 0 Å². The van der Waals surface area contributed by atoms with Gasteiger partial charge in [0.05, 0.1) is 11.2 Å². The van der Waals surface area contributed by atoms with Crippen LogP contribution in [0.5, 0.6) is 0 Å². The molecule has 0 saturated carbocycles. The highest BCUT2D eigenvalue weighted by atomic mass is 16.3. The molecule has 0 aliphatic carbocycles. The van der Waals surface area contributed by atoms with Crippen LogP contribution in [0.1, 0.15) is 0 Å². The lowest BCUT2D eigenvalue weighted by Gasteiger charge is -2.12. The van der Waals surface area contributed by atoms with Gasteiger partial charge in [-0.15, -0.1) is 0 Å². The number of hydrogen-bond acceptors (Lipinski definition) is 2. The Labute approximate surface area is 281 Å². The van der Waals surface area contributed by atoms with Gasteiger partial charge in [-0.3, -0.25) is 0 Å². The Morgan fingerprint density at radius 2 is 0.918 bits per heavy atom. The summed E-state index contributed by atoms with van der Waals surface area (Å²) in [6.45, 7) is 0. The fourth-order valence-corrected chi connectivity index (χ4v) is 8.17. The van der Waals surface area contributed by atoms with Gasteiger partial charge in [0.2, 0.25) is 0 Å². The Hall–Kier alpha value is -6.51. The van der Waals surface area contributed by atoms with Crippen LogP contribution in [0.25, 0.3) is 109 Å². The molecule has 226 valence electrons. The van der Waals surface area contributed by atoms with Crippen molar-refractivity contribution < 1.29 is 4.42 Å².